The first-order valence-corrected chi connectivity index (χ1v) is 12.8. The summed E-state index contributed by atoms with van der Waals surface area (Å²) in [5, 5.41) is 35.3. The lowest BCUT2D eigenvalue weighted by atomic mass is 9.96. The maximum absolute atomic E-state index is 13.4. The van der Waals surface area contributed by atoms with Crippen molar-refractivity contribution in [2.75, 3.05) is 0 Å². The standard InChI is InChI=1S/C26H36N6O8/c1-3-14(2)22(25(38)30-19(26(39)40)8-9-21(34)35)32-24(37)20(11-16-12-28-13-29-16)31-23(36)18(27)10-15-4-6-17(33)7-5-15/h4-7,12-14,18-20,22,33H,3,8-11,27H2,1-2H3,(H,28,29)(H,30,38)(H,31,36)(H,32,37)(H,34,35)(H,39,40). The van der Waals surface area contributed by atoms with E-state index in [0.29, 0.717) is 17.7 Å². The lowest BCUT2D eigenvalue weighted by Gasteiger charge is -2.28. The summed E-state index contributed by atoms with van der Waals surface area (Å²) in [7, 11) is 0. The van der Waals surface area contributed by atoms with Gasteiger partial charge in [0.1, 0.15) is 23.9 Å². The Labute approximate surface area is 230 Å². The summed E-state index contributed by atoms with van der Waals surface area (Å²) in [5.74, 6) is -5.12. The van der Waals surface area contributed by atoms with E-state index in [4.69, 9.17) is 10.8 Å². The summed E-state index contributed by atoms with van der Waals surface area (Å²) in [6, 6.07) is 1.33. The van der Waals surface area contributed by atoms with Gasteiger partial charge >= 0.3 is 11.9 Å². The zero-order valence-corrected chi connectivity index (χ0v) is 22.3. The fraction of sp³-hybridized carbons (Fsp3) is 0.462. The molecular formula is C26H36N6O8. The number of nitrogens with one attached hydrogen (secondary N) is 4. The molecule has 0 aliphatic heterocycles. The van der Waals surface area contributed by atoms with Crippen LogP contribution in [0.3, 0.4) is 0 Å². The topological polar surface area (TPSA) is 237 Å². The number of aliphatic carboxylic acids is 2. The molecule has 3 amide bonds. The number of nitrogens with zero attached hydrogens (tertiary/aromatic N) is 1. The number of imidazole rings is 1. The molecule has 5 atom stereocenters. The summed E-state index contributed by atoms with van der Waals surface area (Å²) >= 11 is 0. The Kier molecular flexibility index (Phi) is 12.1. The van der Waals surface area contributed by atoms with E-state index in [1.165, 1.54) is 24.7 Å². The fourth-order valence-corrected chi connectivity index (χ4v) is 3.83. The Morgan fingerprint density at radius 3 is 2.15 bits per heavy atom. The van der Waals surface area contributed by atoms with Crippen molar-refractivity contribution >= 4 is 29.7 Å². The number of hydrogen-bond acceptors (Lipinski definition) is 8. The maximum atomic E-state index is 13.4. The zero-order valence-electron chi connectivity index (χ0n) is 22.3. The Bertz CT molecular complexity index is 1150. The van der Waals surface area contributed by atoms with Crippen molar-refractivity contribution in [1.29, 1.82) is 0 Å². The normalized spacial score (nSPS) is 14.7. The van der Waals surface area contributed by atoms with Crippen LogP contribution in [0, 0.1) is 5.92 Å². The third-order valence-electron chi connectivity index (χ3n) is 6.40. The van der Waals surface area contributed by atoms with Crippen molar-refractivity contribution in [3.63, 3.8) is 0 Å². The van der Waals surface area contributed by atoms with Gasteiger partial charge in [0.05, 0.1) is 12.4 Å². The number of aromatic amines is 1. The van der Waals surface area contributed by atoms with Crippen molar-refractivity contribution in [1.82, 2.24) is 25.9 Å². The number of phenolic OH excluding ortho intramolecular Hbond substituents is 1. The van der Waals surface area contributed by atoms with E-state index in [2.05, 4.69) is 25.9 Å². The van der Waals surface area contributed by atoms with Gasteiger partial charge < -0.3 is 42.0 Å². The van der Waals surface area contributed by atoms with Crippen molar-refractivity contribution < 1.29 is 39.3 Å². The van der Waals surface area contributed by atoms with E-state index in [-0.39, 0.29) is 25.0 Å². The molecule has 0 saturated heterocycles. The van der Waals surface area contributed by atoms with Gasteiger partial charge in [0.25, 0.3) is 0 Å². The van der Waals surface area contributed by atoms with Crippen LogP contribution in [0.1, 0.15) is 44.4 Å². The van der Waals surface area contributed by atoms with Crippen molar-refractivity contribution in [2.24, 2.45) is 11.7 Å². The van der Waals surface area contributed by atoms with E-state index in [0.717, 1.165) is 0 Å². The van der Waals surface area contributed by atoms with Gasteiger partial charge in [-0.15, -0.1) is 0 Å². The number of carbonyl (C=O) groups is 5. The molecule has 1 aromatic heterocycles. The number of aromatic hydroxyl groups is 1. The van der Waals surface area contributed by atoms with Crippen LogP contribution in [0.2, 0.25) is 0 Å². The van der Waals surface area contributed by atoms with Crippen LogP contribution in [0.4, 0.5) is 0 Å². The number of carbonyl (C=O) groups excluding carboxylic acids is 3. The largest absolute Gasteiger partial charge is 0.508 e. The Morgan fingerprint density at radius 2 is 1.60 bits per heavy atom. The van der Waals surface area contributed by atoms with Gasteiger partial charge in [-0.05, 0) is 36.5 Å². The minimum absolute atomic E-state index is 0.00525. The van der Waals surface area contributed by atoms with Crippen molar-refractivity contribution in [3.05, 3.63) is 48.0 Å². The first kappa shape index (κ1) is 31.8. The molecule has 1 heterocycles. The van der Waals surface area contributed by atoms with Gasteiger partial charge in [0.2, 0.25) is 17.7 Å². The second-order valence-electron chi connectivity index (χ2n) is 9.52. The highest BCUT2D eigenvalue weighted by Crippen LogP contribution is 2.13. The monoisotopic (exact) mass is 560 g/mol. The van der Waals surface area contributed by atoms with Gasteiger partial charge in [0, 0.05) is 24.7 Å². The van der Waals surface area contributed by atoms with E-state index < -0.39 is 66.2 Å². The van der Waals surface area contributed by atoms with Crippen LogP contribution in [-0.4, -0.2) is 79.1 Å². The first-order chi connectivity index (χ1) is 18.9. The Hall–Kier alpha value is -4.46. The highest BCUT2D eigenvalue weighted by molar-refractivity contribution is 5.94. The number of amides is 3. The average molecular weight is 561 g/mol. The lowest BCUT2D eigenvalue weighted by molar-refractivity contribution is -0.143. The third-order valence-corrected chi connectivity index (χ3v) is 6.40. The molecule has 2 rings (SSSR count). The highest BCUT2D eigenvalue weighted by atomic mass is 16.4. The Balaban J connectivity index is 2.18. The molecule has 2 aromatic rings. The number of nitrogens with two attached hydrogens (primary N) is 1. The number of hydrogen-bond donors (Lipinski definition) is 8. The molecule has 0 aliphatic rings. The quantitative estimate of drug-likeness (QED) is 0.133. The van der Waals surface area contributed by atoms with Crippen LogP contribution in [0.5, 0.6) is 5.75 Å². The summed E-state index contributed by atoms with van der Waals surface area (Å²) in [6.07, 6.45) is 2.64. The molecule has 0 spiro atoms. The van der Waals surface area contributed by atoms with E-state index >= 15 is 0 Å². The first-order valence-electron chi connectivity index (χ1n) is 12.8. The van der Waals surface area contributed by atoms with Gasteiger partial charge in [-0.3, -0.25) is 19.2 Å². The molecule has 0 radical (unpaired) electrons. The molecule has 218 valence electrons. The van der Waals surface area contributed by atoms with E-state index in [1.54, 1.807) is 26.0 Å². The predicted molar refractivity (Wildman–Crippen MR) is 142 cm³/mol. The number of carboxylic acids is 2. The van der Waals surface area contributed by atoms with Crippen LogP contribution < -0.4 is 21.7 Å². The van der Waals surface area contributed by atoms with Gasteiger partial charge in [0.15, 0.2) is 0 Å². The number of H-pyrrole nitrogens is 1. The van der Waals surface area contributed by atoms with Crippen LogP contribution in [0.15, 0.2) is 36.8 Å². The van der Waals surface area contributed by atoms with Crippen molar-refractivity contribution in [3.8, 4) is 5.75 Å². The second kappa shape index (κ2) is 15.2. The van der Waals surface area contributed by atoms with Gasteiger partial charge in [-0.2, -0.15) is 0 Å². The average Bonchev–Trinajstić information content (AvgIpc) is 3.42. The summed E-state index contributed by atoms with van der Waals surface area (Å²) < 4.78 is 0. The molecule has 5 unspecified atom stereocenters. The van der Waals surface area contributed by atoms with Crippen LogP contribution in [0.25, 0.3) is 0 Å². The lowest BCUT2D eigenvalue weighted by Crippen LogP contribution is -2.59. The molecule has 0 fully saturated rings. The van der Waals surface area contributed by atoms with E-state index in [9.17, 15) is 34.2 Å². The Morgan fingerprint density at radius 1 is 0.950 bits per heavy atom. The molecule has 0 bridgehead atoms. The number of aromatic nitrogens is 2. The smallest absolute Gasteiger partial charge is 0.326 e. The fourth-order valence-electron chi connectivity index (χ4n) is 3.83. The maximum Gasteiger partial charge on any atom is 0.326 e. The zero-order chi connectivity index (χ0) is 29.8. The number of carboxylic acid groups (broad SMARTS) is 2. The number of rotatable bonds is 16. The molecule has 0 aliphatic carbocycles. The van der Waals surface area contributed by atoms with Crippen LogP contribution >= 0.6 is 0 Å². The molecule has 14 nitrogen and oxygen atoms in total. The summed E-state index contributed by atoms with van der Waals surface area (Å²) in [5.41, 5.74) is 7.29. The van der Waals surface area contributed by atoms with Gasteiger partial charge in [-0.25, -0.2) is 9.78 Å². The predicted octanol–water partition coefficient (Wildman–Crippen LogP) is -0.322. The van der Waals surface area contributed by atoms with Crippen LogP contribution in [-0.2, 0) is 36.8 Å². The third kappa shape index (κ3) is 10.0. The molecule has 1 aromatic carbocycles. The van der Waals surface area contributed by atoms with Gasteiger partial charge in [-0.1, -0.05) is 32.4 Å². The molecular weight excluding hydrogens is 524 g/mol. The molecule has 9 N–H and O–H groups in total. The van der Waals surface area contributed by atoms with E-state index in [1.807, 2.05) is 0 Å². The minimum Gasteiger partial charge on any atom is -0.508 e. The molecule has 40 heavy (non-hydrogen) atoms. The second-order valence-corrected chi connectivity index (χ2v) is 9.52. The van der Waals surface area contributed by atoms with Crippen molar-refractivity contribution in [2.45, 2.75) is 70.1 Å². The molecule has 0 saturated carbocycles. The SMILES string of the molecule is CCC(C)C(NC(=O)C(Cc1cnc[nH]1)NC(=O)C(N)Cc1ccc(O)cc1)C(=O)NC(CCC(=O)O)C(=O)O. The number of benzene rings is 1. The summed E-state index contributed by atoms with van der Waals surface area (Å²) in [6.45, 7) is 3.47. The summed E-state index contributed by atoms with van der Waals surface area (Å²) in [4.78, 5) is 68.6. The minimum atomic E-state index is -1.47. The molecule has 14 heteroatoms. The highest BCUT2D eigenvalue weighted by Gasteiger charge is 2.33. The number of phenols is 1.